The molecule has 2 heterocycles. The van der Waals surface area contributed by atoms with Gasteiger partial charge in [0.1, 0.15) is 11.2 Å². The topological polar surface area (TPSA) is 21.3 Å². The standard InChI is InChI=1S/C52H34N2O/c1-2-11-39-32-44(30-26-35(39)10-1)53(42-12-9-13-43(34-42)54-49-17-6-3-14-45(49)46-15-4-7-18-50(46)54)41-28-24-37(25-29-41)36-20-22-38(23-21-36)40-27-31-48-47-16-5-8-19-51(47)55-52(48)33-40/h1-34H. The van der Waals surface area contributed by atoms with Crippen LogP contribution in [0.4, 0.5) is 17.1 Å². The van der Waals surface area contributed by atoms with Gasteiger partial charge in [-0.05, 0) is 106 Å². The molecule has 0 aliphatic carbocycles. The SMILES string of the molecule is c1cc(N(c2ccc(-c3ccc(-c4ccc5c(c4)oc4ccccc45)cc3)cc2)c2ccc3ccccc3c2)cc(-n2c3ccccc3c3ccccc32)c1. The van der Waals surface area contributed by atoms with Crippen LogP contribution in [0.1, 0.15) is 0 Å². The van der Waals surface area contributed by atoms with Gasteiger partial charge >= 0.3 is 0 Å². The van der Waals surface area contributed by atoms with Gasteiger partial charge in [-0.15, -0.1) is 0 Å². The van der Waals surface area contributed by atoms with E-state index in [0.717, 1.165) is 55.8 Å². The zero-order valence-corrected chi connectivity index (χ0v) is 29.9. The number of furan rings is 1. The Kier molecular flexibility index (Phi) is 7.17. The van der Waals surface area contributed by atoms with Crippen molar-refractivity contribution >= 4 is 71.6 Å². The fourth-order valence-corrected chi connectivity index (χ4v) is 8.30. The Labute approximate surface area is 318 Å². The molecular formula is C52H34N2O. The summed E-state index contributed by atoms with van der Waals surface area (Å²) in [6.07, 6.45) is 0. The highest BCUT2D eigenvalue weighted by molar-refractivity contribution is 6.09. The maximum absolute atomic E-state index is 6.18. The first-order valence-electron chi connectivity index (χ1n) is 18.7. The fraction of sp³-hybridized carbons (Fsp3) is 0. The number of hydrogen-bond acceptors (Lipinski definition) is 2. The smallest absolute Gasteiger partial charge is 0.136 e. The van der Waals surface area contributed by atoms with Gasteiger partial charge in [0.15, 0.2) is 0 Å². The van der Waals surface area contributed by atoms with E-state index in [-0.39, 0.29) is 0 Å². The molecule has 0 radical (unpaired) electrons. The number of aromatic nitrogens is 1. The molecule has 11 rings (SSSR count). The first-order chi connectivity index (χ1) is 27.2. The fourth-order valence-electron chi connectivity index (χ4n) is 8.30. The molecule has 0 amide bonds. The predicted octanol–water partition coefficient (Wildman–Crippen LogP) is 14.6. The van der Waals surface area contributed by atoms with E-state index in [1.807, 2.05) is 12.1 Å². The van der Waals surface area contributed by atoms with Crippen LogP contribution in [0.3, 0.4) is 0 Å². The van der Waals surface area contributed by atoms with Crippen molar-refractivity contribution in [1.82, 2.24) is 4.57 Å². The molecule has 0 spiro atoms. The maximum Gasteiger partial charge on any atom is 0.136 e. The highest BCUT2D eigenvalue weighted by Gasteiger charge is 2.17. The number of fused-ring (bicyclic) bond motifs is 7. The van der Waals surface area contributed by atoms with E-state index < -0.39 is 0 Å². The first kappa shape index (κ1) is 31.2. The summed E-state index contributed by atoms with van der Waals surface area (Å²) in [7, 11) is 0. The predicted molar refractivity (Wildman–Crippen MR) is 231 cm³/mol. The molecule has 3 heteroatoms. The largest absolute Gasteiger partial charge is 0.456 e. The number of hydrogen-bond donors (Lipinski definition) is 0. The van der Waals surface area contributed by atoms with Gasteiger partial charge in [0.2, 0.25) is 0 Å². The van der Waals surface area contributed by atoms with E-state index in [4.69, 9.17) is 4.42 Å². The quantitative estimate of drug-likeness (QED) is 0.172. The molecule has 3 nitrogen and oxygen atoms in total. The average Bonchev–Trinajstić information content (AvgIpc) is 3.80. The average molecular weight is 703 g/mol. The molecule has 0 bridgehead atoms. The lowest BCUT2D eigenvalue weighted by Crippen LogP contribution is -2.10. The van der Waals surface area contributed by atoms with Gasteiger partial charge in [0.25, 0.3) is 0 Å². The summed E-state index contributed by atoms with van der Waals surface area (Å²) >= 11 is 0. The highest BCUT2D eigenvalue weighted by atomic mass is 16.3. The van der Waals surface area contributed by atoms with Gasteiger partial charge in [-0.3, -0.25) is 0 Å². The Morgan fingerprint density at radius 2 is 0.873 bits per heavy atom. The minimum absolute atomic E-state index is 0.912. The Balaban J connectivity index is 0.971. The lowest BCUT2D eigenvalue weighted by Gasteiger charge is -2.27. The van der Waals surface area contributed by atoms with Crippen LogP contribution >= 0.6 is 0 Å². The van der Waals surface area contributed by atoms with Crippen molar-refractivity contribution in [3.05, 3.63) is 206 Å². The molecule has 55 heavy (non-hydrogen) atoms. The van der Waals surface area contributed by atoms with E-state index >= 15 is 0 Å². The molecule has 0 unspecified atom stereocenters. The summed E-state index contributed by atoms with van der Waals surface area (Å²) in [6, 6.07) is 74.1. The summed E-state index contributed by atoms with van der Waals surface area (Å²) in [6.45, 7) is 0. The van der Waals surface area contributed by atoms with Crippen LogP contribution in [-0.2, 0) is 0 Å². The van der Waals surface area contributed by atoms with Crippen LogP contribution in [0.25, 0.3) is 82.5 Å². The second-order valence-corrected chi connectivity index (χ2v) is 14.2. The first-order valence-corrected chi connectivity index (χ1v) is 18.7. The summed E-state index contributed by atoms with van der Waals surface area (Å²) in [5.74, 6) is 0. The van der Waals surface area contributed by atoms with Gasteiger partial charge in [-0.1, -0.05) is 133 Å². The monoisotopic (exact) mass is 702 g/mol. The maximum atomic E-state index is 6.18. The molecule has 258 valence electrons. The molecule has 2 aromatic heterocycles. The van der Waals surface area contributed by atoms with Crippen LogP contribution in [0.2, 0.25) is 0 Å². The van der Waals surface area contributed by atoms with Crippen LogP contribution in [0.5, 0.6) is 0 Å². The molecule has 0 N–H and O–H groups in total. The van der Waals surface area contributed by atoms with Crippen molar-refractivity contribution < 1.29 is 4.42 Å². The van der Waals surface area contributed by atoms with Crippen LogP contribution < -0.4 is 4.90 Å². The molecule has 0 saturated heterocycles. The molecule has 11 aromatic rings. The zero-order valence-electron chi connectivity index (χ0n) is 29.9. The summed E-state index contributed by atoms with van der Waals surface area (Å²) in [5, 5.41) is 7.24. The van der Waals surface area contributed by atoms with E-state index in [1.54, 1.807) is 0 Å². The van der Waals surface area contributed by atoms with E-state index in [9.17, 15) is 0 Å². The Bertz CT molecular complexity index is 3150. The number of para-hydroxylation sites is 3. The molecule has 0 saturated carbocycles. The Morgan fingerprint density at radius 1 is 0.327 bits per heavy atom. The van der Waals surface area contributed by atoms with Crippen LogP contribution in [0, 0.1) is 0 Å². The van der Waals surface area contributed by atoms with Crippen molar-refractivity contribution in [3.63, 3.8) is 0 Å². The molecular weight excluding hydrogens is 669 g/mol. The number of benzene rings is 9. The summed E-state index contributed by atoms with van der Waals surface area (Å²) in [5.41, 5.74) is 13.3. The van der Waals surface area contributed by atoms with Gasteiger partial charge in [-0.2, -0.15) is 0 Å². The van der Waals surface area contributed by atoms with Gasteiger partial charge in [0, 0.05) is 44.3 Å². The normalized spacial score (nSPS) is 11.6. The van der Waals surface area contributed by atoms with Crippen molar-refractivity contribution in [2.75, 3.05) is 4.90 Å². The highest BCUT2D eigenvalue weighted by Crippen LogP contribution is 2.40. The second kappa shape index (κ2) is 12.6. The number of anilines is 3. The molecule has 0 aliphatic rings. The second-order valence-electron chi connectivity index (χ2n) is 14.2. The van der Waals surface area contributed by atoms with Crippen LogP contribution in [0.15, 0.2) is 211 Å². The Morgan fingerprint density at radius 3 is 1.62 bits per heavy atom. The minimum atomic E-state index is 0.912. The third-order valence-electron chi connectivity index (χ3n) is 11.0. The molecule has 9 aromatic carbocycles. The van der Waals surface area contributed by atoms with Gasteiger partial charge in [-0.25, -0.2) is 0 Å². The molecule has 0 atom stereocenters. The van der Waals surface area contributed by atoms with Crippen molar-refractivity contribution in [2.24, 2.45) is 0 Å². The summed E-state index contributed by atoms with van der Waals surface area (Å²) < 4.78 is 8.56. The summed E-state index contributed by atoms with van der Waals surface area (Å²) in [4.78, 5) is 2.37. The third kappa shape index (κ3) is 5.28. The Hall–Kier alpha value is -7.36. The van der Waals surface area contributed by atoms with Gasteiger partial charge < -0.3 is 13.9 Å². The van der Waals surface area contributed by atoms with E-state index in [1.165, 1.54) is 43.7 Å². The van der Waals surface area contributed by atoms with E-state index in [0.29, 0.717) is 0 Å². The van der Waals surface area contributed by atoms with E-state index in [2.05, 4.69) is 204 Å². The molecule has 0 fully saturated rings. The number of nitrogens with zero attached hydrogens (tertiary/aromatic N) is 2. The van der Waals surface area contributed by atoms with Crippen molar-refractivity contribution in [2.45, 2.75) is 0 Å². The third-order valence-corrected chi connectivity index (χ3v) is 11.0. The number of rotatable bonds is 6. The molecule has 0 aliphatic heterocycles. The van der Waals surface area contributed by atoms with Gasteiger partial charge in [0.05, 0.1) is 11.0 Å². The lowest BCUT2D eigenvalue weighted by atomic mass is 9.99. The van der Waals surface area contributed by atoms with Crippen LogP contribution in [-0.4, -0.2) is 4.57 Å². The minimum Gasteiger partial charge on any atom is -0.456 e. The van der Waals surface area contributed by atoms with Crippen molar-refractivity contribution in [3.8, 4) is 27.9 Å². The lowest BCUT2D eigenvalue weighted by molar-refractivity contribution is 0.669. The zero-order chi connectivity index (χ0) is 36.3. The van der Waals surface area contributed by atoms with Crippen molar-refractivity contribution in [1.29, 1.82) is 0 Å².